The molecule has 1 aromatic rings. The van der Waals surface area contributed by atoms with Crippen LogP contribution in [0.2, 0.25) is 0 Å². The van der Waals surface area contributed by atoms with Crippen LogP contribution in [-0.4, -0.2) is 8.87 Å². The zero-order valence-corrected chi connectivity index (χ0v) is 8.76. The van der Waals surface area contributed by atoms with Gasteiger partial charge in [0.05, 0.1) is 3.76 Å². The fourth-order valence-electron chi connectivity index (χ4n) is 0.707. The fraction of sp³-hybridized carbons (Fsp3) is 0.125. The van der Waals surface area contributed by atoms with Crippen LogP contribution in [0.5, 0.6) is 0 Å². The normalized spacial score (nSPS) is 9.55. The molecule has 1 aromatic carbocycles. The van der Waals surface area contributed by atoms with E-state index in [1.165, 1.54) is 11.8 Å². The van der Waals surface area contributed by atoms with Gasteiger partial charge in [-0.05, 0) is 0 Å². The first-order chi connectivity index (χ1) is 5.34. The molecule has 0 aliphatic heterocycles. The molecular weight excluding hydrogens is 271 g/mol. The maximum Gasteiger partial charge on any atom is 0.220 e. The van der Waals surface area contributed by atoms with E-state index in [1.807, 2.05) is 30.3 Å². The number of hydrogen-bond acceptors (Lipinski definition) is 2. The van der Waals surface area contributed by atoms with Crippen molar-refractivity contribution in [1.29, 1.82) is 0 Å². The number of alkyl halides is 1. The lowest BCUT2D eigenvalue weighted by Crippen LogP contribution is -1.91. The van der Waals surface area contributed by atoms with Crippen LogP contribution in [0.4, 0.5) is 0 Å². The molecule has 0 unspecified atom stereocenters. The van der Waals surface area contributed by atoms with E-state index in [9.17, 15) is 4.79 Å². The summed E-state index contributed by atoms with van der Waals surface area (Å²) in [6.45, 7) is 0. The topological polar surface area (TPSA) is 17.1 Å². The summed E-state index contributed by atoms with van der Waals surface area (Å²) in [4.78, 5) is 11.2. The minimum atomic E-state index is 0.153. The first-order valence-electron chi connectivity index (χ1n) is 3.12. The van der Waals surface area contributed by atoms with E-state index >= 15 is 0 Å². The Balaban J connectivity index is 2.69. The summed E-state index contributed by atoms with van der Waals surface area (Å²) in [6.07, 6.45) is 0. The Bertz CT molecular complexity index is 235. The molecule has 0 saturated carbocycles. The van der Waals surface area contributed by atoms with Crippen molar-refractivity contribution in [3.05, 3.63) is 35.9 Å². The summed E-state index contributed by atoms with van der Waals surface area (Å²) in [6, 6.07) is 9.33. The molecule has 0 amide bonds. The Hall–Kier alpha value is -0.0300. The highest BCUT2D eigenvalue weighted by molar-refractivity contribution is 14.1. The number of rotatable bonds is 2. The predicted octanol–water partition coefficient (Wildman–Crippen LogP) is 2.95. The molecule has 0 N–H and O–H groups in total. The molecule has 0 aromatic heterocycles. The summed E-state index contributed by atoms with van der Waals surface area (Å²) in [7, 11) is 0. The molecule has 0 aliphatic carbocycles. The molecule has 0 spiro atoms. The van der Waals surface area contributed by atoms with Crippen LogP contribution < -0.4 is 0 Å². The van der Waals surface area contributed by atoms with E-state index in [1.54, 1.807) is 0 Å². The number of halogens is 1. The third-order valence-corrected chi connectivity index (χ3v) is 2.74. The van der Waals surface area contributed by atoms with Gasteiger partial charge in [0.2, 0.25) is 5.12 Å². The lowest BCUT2D eigenvalue weighted by molar-refractivity contribution is 0.108. The van der Waals surface area contributed by atoms with Crippen LogP contribution >= 0.6 is 34.4 Å². The number of benzene rings is 1. The average molecular weight is 278 g/mol. The third kappa shape index (κ3) is 2.83. The summed E-state index contributed by atoms with van der Waals surface area (Å²) < 4.78 is 0.811. The minimum absolute atomic E-state index is 0.153. The molecule has 0 heterocycles. The zero-order chi connectivity index (χ0) is 8.10. The van der Waals surface area contributed by atoms with E-state index in [-0.39, 0.29) is 5.12 Å². The van der Waals surface area contributed by atoms with Crippen molar-refractivity contribution in [2.45, 2.75) is 0 Å². The Morgan fingerprint density at radius 1 is 1.36 bits per heavy atom. The molecule has 0 atom stereocenters. The van der Waals surface area contributed by atoms with Gasteiger partial charge in [-0.15, -0.1) is 0 Å². The number of carbonyl (C=O) groups excluding carboxylic acids is 1. The summed E-state index contributed by atoms with van der Waals surface area (Å²) in [5, 5.41) is 0.153. The lowest BCUT2D eigenvalue weighted by atomic mass is 10.2. The summed E-state index contributed by atoms with van der Waals surface area (Å²) in [5.41, 5.74) is 0.786. The molecule has 0 saturated heterocycles. The van der Waals surface area contributed by atoms with Gasteiger partial charge in [0, 0.05) is 5.56 Å². The summed E-state index contributed by atoms with van der Waals surface area (Å²) >= 11 is 3.50. The van der Waals surface area contributed by atoms with Crippen LogP contribution in [-0.2, 0) is 0 Å². The van der Waals surface area contributed by atoms with Gasteiger partial charge in [-0.25, -0.2) is 0 Å². The van der Waals surface area contributed by atoms with Crippen molar-refractivity contribution in [3.63, 3.8) is 0 Å². The number of thioether (sulfide) groups is 1. The second-order valence-electron chi connectivity index (χ2n) is 1.91. The second kappa shape index (κ2) is 4.77. The molecular formula is C8H7IOS. The molecule has 1 rings (SSSR count). The fourth-order valence-corrected chi connectivity index (χ4v) is 1.96. The molecule has 0 aliphatic rings. The van der Waals surface area contributed by atoms with Gasteiger partial charge in [-0.1, -0.05) is 64.7 Å². The quantitative estimate of drug-likeness (QED) is 0.611. The highest BCUT2D eigenvalue weighted by Crippen LogP contribution is 2.13. The van der Waals surface area contributed by atoms with Crippen molar-refractivity contribution < 1.29 is 4.79 Å². The maximum absolute atomic E-state index is 11.2. The van der Waals surface area contributed by atoms with E-state index in [0.29, 0.717) is 0 Å². The van der Waals surface area contributed by atoms with Crippen LogP contribution in [0.15, 0.2) is 30.3 Å². The van der Waals surface area contributed by atoms with Crippen molar-refractivity contribution in [2.24, 2.45) is 0 Å². The van der Waals surface area contributed by atoms with Crippen molar-refractivity contribution in [1.82, 2.24) is 0 Å². The van der Waals surface area contributed by atoms with Gasteiger partial charge in [0.15, 0.2) is 0 Å². The number of hydrogen-bond donors (Lipinski definition) is 0. The molecule has 1 nitrogen and oxygen atoms in total. The summed E-state index contributed by atoms with van der Waals surface area (Å²) in [5.74, 6) is 0. The Morgan fingerprint density at radius 2 is 2.00 bits per heavy atom. The van der Waals surface area contributed by atoms with Gasteiger partial charge in [-0.2, -0.15) is 0 Å². The molecule has 3 heteroatoms. The Morgan fingerprint density at radius 3 is 2.55 bits per heavy atom. The lowest BCUT2D eigenvalue weighted by Gasteiger charge is -1.95. The molecule has 0 fully saturated rings. The van der Waals surface area contributed by atoms with Crippen molar-refractivity contribution in [3.8, 4) is 0 Å². The monoisotopic (exact) mass is 278 g/mol. The van der Waals surface area contributed by atoms with Crippen LogP contribution in [0.1, 0.15) is 10.4 Å². The average Bonchev–Trinajstić information content (AvgIpc) is 2.07. The molecule has 0 bridgehead atoms. The zero-order valence-electron chi connectivity index (χ0n) is 5.79. The van der Waals surface area contributed by atoms with Gasteiger partial charge < -0.3 is 0 Å². The van der Waals surface area contributed by atoms with E-state index < -0.39 is 0 Å². The first kappa shape index (κ1) is 9.06. The van der Waals surface area contributed by atoms with Crippen molar-refractivity contribution in [2.75, 3.05) is 3.76 Å². The van der Waals surface area contributed by atoms with Gasteiger partial charge in [-0.3, -0.25) is 4.79 Å². The highest BCUT2D eigenvalue weighted by atomic mass is 127. The first-order valence-corrected chi connectivity index (χ1v) is 5.64. The van der Waals surface area contributed by atoms with Gasteiger partial charge in [0.25, 0.3) is 0 Å². The molecule has 11 heavy (non-hydrogen) atoms. The highest BCUT2D eigenvalue weighted by Gasteiger charge is 2.02. The largest absolute Gasteiger partial charge is 0.282 e. The predicted molar refractivity (Wildman–Crippen MR) is 57.3 cm³/mol. The van der Waals surface area contributed by atoms with Crippen molar-refractivity contribution >= 4 is 39.5 Å². The minimum Gasteiger partial charge on any atom is -0.282 e. The maximum atomic E-state index is 11.2. The van der Waals surface area contributed by atoms with Gasteiger partial charge in [0.1, 0.15) is 0 Å². The van der Waals surface area contributed by atoms with E-state index in [0.717, 1.165) is 9.32 Å². The molecule has 58 valence electrons. The Kier molecular flexibility index (Phi) is 3.93. The molecule has 0 radical (unpaired) electrons. The van der Waals surface area contributed by atoms with Crippen LogP contribution in [0.3, 0.4) is 0 Å². The van der Waals surface area contributed by atoms with Crippen LogP contribution in [0.25, 0.3) is 0 Å². The van der Waals surface area contributed by atoms with Gasteiger partial charge >= 0.3 is 0 Å². The number of carbonyl (C=O) groups is 1. The van der Waals surface area contributed by atoms with E-state index in [2.05, 4.69) is 22.6 Å². The smallest absolute Gasteiger partial charge is 0.220 e. The SMILES string of the molecule is O=C(SCI)c1ccccc1. The van der Waals surface area contributed by atoms with Crippen LogP contribution in [0, 0.1) is 0 Å². The standard InChI is InChI=1S/C8H7IOS/c9-6-11-8(10)7-4-2-1-3-5-7/h1-5H,6H2. The third-order valence-electron chi connectivity index (χ3n) is 1.20. The van der Waals surface area contributed by atoms with E-state index in [4.69, 9.17) is 0 Å². The Labute approximate surface area is 83.7 Å². The second-order valence-corrected chi connectivity index (χ2v) is 4.65.